The molecule has 0 aliphatic rings. The minimum atomic E-state index is -0.675. The normalized spacial score (nSPS) is 13.3. The highest BCUT2D eigenvalue weighted by Gasteiger charge is 2.31. The predicted molar refractivity (Wildman–Crippen MR) is 132 cm³/mol. The van der Waals surface area contributed by atoms with E-state index >= 15 is 0 Å². The molecule has 0 aromatic heterocycles. The van der Waals surface area contributed by atoms with Crippen molar-refractivity contribution in [2.24, 2.45) is 0 Å². The summed E-state index contributed by atoms with van der Waals surface area (Å²) in [5.41, 5.74) is 0. The topological polar surface area (TPSA) is 136 Å². The van der Waals surface area contributed by atoms with Gasteiger partial charge in [-0.2, -0.15) is 21.0 Å². The lowest BCUT2D eigenvalue weighted by molar-refractivity contribution is -0.930. The molecule has 0 saturated carbocycles. The number of nitriles is 4. The molecule has 0 saturated heterocycles. The highest BCUT2D eigenvalue weighted by Crippen LogP contribution is 2.18. The third kappa shape index (κ3) is 13.9. The van der Waals surface area contributed by atoms with Crippen LogP contribution >= 0.6 is 23.2 Å². The Hall–Kier alpha value is -1.62. The maximum absolute atomic E-state index is 10.2. The molecule has 190 valence electrons. The lowest BCUT2D eigenvalue weighted by Gasteiger charge is -2.40. The molecule has 0 spiro atoms. The van der Waals surface area contributed by atoms with Crippen LogP contribution in [0.5, 0.6) is 0 Å². The van der Waals surface area contributed by atoms with Gasteiger partial charge in [0.05, 0.1) is 101 Å². The zero-order valence-corrected chi connectivity index (χ0v) is 21.7. The first-order chi connectivity index (χ1) is 16.4. The Balaban J connectivity index is 5.02. The van der Waals surface area contributed by atoms with Crippen LogP contribution in [-0.4, -0.2) is 95.5 Å². The number of rotatable bonds is 21. The molecule has 0 aliphatic heterocycles. The highest BCUT2D eigenvalue weighted by molar-refractivity contribution is 6.18. The van der Waals surface area contributed by atoms with E-state index in [0.29, 0.717) is 73.9 Å². The Morgan fingerprint density at radius 1 is 0.529 bits per heavy atom. The molecule has 8 nitrogen and oxygen atoms in total. The van der Waals surface area contributed by atoms with E-state index in [-0.39, 0.29) is 11.8 Å². The van der Waals surface area contributed by atoms with E-state index in [1.165, 1.54) is 0 Å². The number of unbranched alkanes of at least 4 members (excludes halogenated alkanes) is 3. The van der Waals surface area contributed by atoms with Gasteiger partial charge in [0.1, 0.15) is 25.3 Å². The molecular formula is C24H40Cl2N6O2+2. The largest absolute Gasteiger partial charge is 0.386 e. The number of quaternary nitrogens is 2. The van der Waals surface area contributed by atoms with Crippen LogP contribution in [-0.2, 0) is 0 Å². The fourth-order valence-corrected chi connectivity index (χ4v) is 4.80. The number of halogens is 2. The van der Waals surface area contributed by atoms with E-state index in [1.807, 2.05) is 0 Å². The average Bonchev–Trinajstić information content (AvgIpc) is 2.85. The lowest BCUT2D eigenvalue weighted by atomic mass is 10.1. The summed E-state index contributed by atoms with van der Waals surface area (Å²) in [6.07, 6.45) is 3.79. The Morgan fingerprint density at radius 2 is 0.824 bits per heavy atom. The summed E-state index contributed by atoms with van der Waals surface area (Å²) < 4.78 is 1.03. The number of alkyl halides is 2. The summed E-state index contributed by atoms with van der Waals surface area (Å²) in [6, 6.07) is 8.72. The maximum atomic E-state index is 10.2. The SMILES string of the molecule is N#CCC[N+](CCC#N)(CCCCCC[N+](CCC#N)(CCC#N)CC(O)CCl)CC(O)CCl. The molecule has 2 atom stereocenters. The van der Waals surface area contributed by atoms with Gasteiger partial charge in [-0.15, -0.1) is 23.2 Å². The van der Waals surface area contributed by atoms with Gasteiger partial charge < -0.3 is 19.2 Å². The molecule has 0 amide bonds. The summed E-state index contributed by atoms with van der Waals surface area (Å²) in [5.74, 6) is 0.247. The minimum Gasteiger partial charge on any atom is -0.386 e. The fourth-order valence-electron chi connectivity index (χ4n) is 4.61. The number of nitrogens with zero attached hydrogens (tertiary/aromatic N) is 6. The molecule has 34 heavy (non-hydrogen) atoms. The van der Waals surface area contributed by atoms with E-state index in [4.69, 9.17) is 44.2 Å². The van der Waals surface area contributed by atoms with Gasteiger partial charge in [0, 0.05) is 0 Å². The lowest BCUT2D eigenvalue weighted by Crippen LogP contribution is -2.54. The highest BCUT2D eigenvalue weighted by atomic mass is 35.5. The number of hydrogen-bond donors (Lipinski definition) is 2. The number of aliphatic hydroxyl groups excluding tert-OH is 2. The van der Waals surface area contributed by atoms with Crippen LogP contribution in [0.4, 0.5) is 0 Å². The van der Waals surface area contributed by atoms with Crippen LogP contribution in [0.25, 0.3) is 0 Å². The van der Waals surface area contributed by atoms with Crippen molar-refractivity contribution in [3.8, 4) is 24.3 Å². The number of aliphatic hydroxyl groups is 2. The second-order valence-corrected chi connectivity index (χ2v) is 9.67. The molecule has 2 unspecified atom stereocenters. The smallest absolute Gasteiger partial charge is 0.116 e. The van der Waals surface area contributed by atoms with Crippen molar-refractivity contribution < 1.29 is 19.2 Å². The molecule has 0 aromatic rings. The van der Waals surface area contributed by atoms with Gasteiger partial charge in [0.25, 0.3) is 0 Å². The van der Waals surface area contributed by atoms with Crippen LogP contribution in [0.15, 0.2) is 0 Å². The summed E-state index contributed by atoms with van der Waals surface area (Å²) in [7, 11) is 0. The fraction of sp³-hybridized carbons (Fsp3) is 0.833. The van der Waals surface area contributed by atoms with Crippen molar-refractivity contribution in [1.82, 2.24) is 0 Å². The summed E-state index contributed by atoms with van der Waals surface area (Å²) in [6.45, 7) is 4.76. The first-order valence-electron chi connectivity index (χ1n) is 12.0. The quantitative estimate of drug-likeness (QED) is 0.137. The van der Waals surface area contributed by atoms with Gasteiger partial charge in [-0.05, 0) is 25.7 Å². The van der Waals surface area contributed by atoms with Crippen molar-refractivity contribution in [2.75, 3.05) is 64.1 Å². The Kier molecular flexibility index (Phi) is 18.7. The first kappa shape index (κ1) is 32.4. The molecule has 0 radical (unpaired) electrons. The Bertz CT molecular complexity index is 614. The third-order valence-electron chi connectivity index (χ3n) is 6.36. The van der Waals surface area contributed by atoms with E-state index in [1.54, 1.807) is 0 Å². The monoisotopic (exact) mass is 514 g/mol. The van der Waals surface area contributed by atoms with Crippen molar-refractivity contribution >= 4 is 23.2 Å². The van der Waals surface area contributed by atoms with E-state index in [0.717, 1.165) is 38.8 Å². The summed E-state index contributed by atoms with van der Waals surface area (Å²) in [5, 5.41) is 56.7. The molecule has 0 fully saturated rings. The zero-order valence-electron chi connectivity index (χ0n) is 20.2. The summed E-state index contributed by atoms with van der Waals surface area (Å²) >= 11 is 11.7. The Morgan fingerprint density at radius 3 is 1.06 bits per heavy atom. The second kappa shape index (κ2) is 19.7. The van der Waals surface area contributed by atoms with Gasteiger partial charge in [-0.25, -0.2) is 0 Å². The molecule has 10 heteroatoms. The van der Waals surface area contributed by atoms with Crippen LogP contribution in [0.2, 0.25) is 0 Å². The first-order valence-corrected chi connectivity index (χ1v) is 13.1. The molecule has 0 heterocycles. The molecule has 0 rings (SSSR count). The third-order valence-corrected chi connectivity index (χ3v) is 7.07. The molecule has 0 aromatic carbocycles. The zero-order chi connectivity index (χ0) is 25.7. The van der Waals surface area contributed by atoms with Gasteiger partial charge in [-0.3, -0.25) is 0 Å². The summed E-state index contributed by atoms with van der Waals surface area (Å²) in [4.78, 5) is 0. The van der Waals surface area contributed by atoms with Crippen LogP contribution in [0.3, 0.4) is 0 Å². The van der Waals surface area contributed by atoms with Crippen molar-refractivity contribution in [1.29, 1.82) is 21.0 Å². The van der Waals surface area contributed by atoms with Gasteiger partial charge in [0.2, 0.25) is 0 Å². The molecule has 0 bridgehead atoms. The van der Waals surface area contributed by atoms with Gasteiger partial charge in [-0.1, -0.05) is 0 Å². The number of hydrogen-bond acceptors (Lipinski definition) is 6. The van der Waals surface area contributed by atoms with Crippen molar-refractivity contribution in [2.45, 2.75) is 63.6 Å². The Labute approximate surface area is 215 Å². The second-order valence-electron chi connectivity index (χ2n) is 9.05. The van der Waals surface area contributed by atoms with Crippen LogP contribution in [0.1, 0.15) is 51.4 Å². The maximum Gasteiger partial charge on any atom is 0.116 e. The van der Waals surface area contributed by atoms with Gasteiger partial charge in [0.15, 0.2) is 0 Å². The van der Waals surface area contributed by atoms with E-state index in [2.05, 4.69) is 24.3 Å². The van der Waals surface area contributed by atoms with E-state index in [9.17, 15) is 10.2 Å². The standard InChI is InChI=1S/C24H40Cl2N6O2/c25-19-23(33)21-31(15-5-9-27,16-6-10-28)13-3-1-2-4-14-32(17-7-11-29,18-8-12-30)22-24(34)20-26/h23-24,33-34H,1-8,13-22H2/q+2. The average molecular weight is 516 g/mol. The minimum absolute atomic E-state index is 0.124. The van der Waals surface area contributed by atoms with E-state index < -0.39 is 12.2 Å². The molecule has 0 aliphatic carbocycles. The predicted octanol–water partition coefficient (Wildman–Crippen LogP) is 3.03. The molecular weight excluding hydrogens is 475 g/mol. The van der Waals surface area contributed by atoms with Crippen molar-refractivity contribution in [3.05, 3.63) is 0 Å². The van der Waals surface area contributed by atoms with Crippen LogP contribution in [0, 0.1) is 45.3 Å². The van der Waals surface area contributed by atoms with Crippen LogP contribution < -0.4 is 0 Å². The van der Waals surface area contributed by atoms with Gasteiger partial charge >= 0.3 is 0 Å². The molecule has 2 N–H and O–H groups in total. The van der Waals surface area contributed by atoms with Crippen molar-refractivity contribution in [3.63, 3.8) is 0 Å².